The van der Waals surface area contributed by atoms with Crippen LogP contribution in [0.3, 0.4) is 0 Å². The maximum atomic E-state index is 12.6. The number of rotatable bonds is 3. The number of hydrogen-bond donors (Lipinski definition) is 2. The second-order valence-electron chi connectivity index (χ2n) is 5.93. The number of aryl methyl sites for hydroxylation is 1. The largest absolute Gasteiger partial charge is 0.494 e. The molecule has 0 radical (unpaired) electrons. The molecule has 24 heavy (non-hydrogen) atoms. The first-order chi connectivity index (χ1) is 11.7. The second kappa shape index (κ2) is 5.65. The number of anilines is 1. The highest BCUT2D eigenvalue weighted by Gasteiger charge is 2.15. The fourth-order valence-corrected chi connectivity index (χ4v) is 3.14. The summed E-state index contributed by atoms with van der Waals surface area (Å²) in [6.45, 7) is 1.73. The second-order valence-corrected chi connectivity index (χ2v) is 5.93. The van der Waals surface area contributed by atoms with E-state index in [-0.39, 0.29) is 5.91 Å². The van der Waals surface area contributed by atoms with Gasteiger partial charge in [-0.15, -0.1) is 0 Å². The Morgan fingerprint density at radius 1 is 1.25 bits per heavy atom. The molecule has 0 atom stereocenters. The highest BCUT2D eigenvalue weighted by molar-refractivity contribution is 6.07. The summed E-state index contributed by atoms with van der Waals surface area (Å²) in [6, 6.07) is 9.58. The number of amides is 1. The molecule has 1 aliphatic heterocycles. The zero-order valence-corrected chi connectivity index (χ0v) is 13.6. The first-order valence-electron chi connectivity index (χ1n) is 7.79. The molecule has 0 bridgehead atoms. The maximum absolute atomic E-state index is 12.6. The van der Waals surface area contributed by atoms with E-state index in [1.54, 1.807) is 24.1 Å². The number of methoxy groups -OCH3 is 1. The third kappa shape index (κ3) is 2.41. The van der Waals surface area contributed by atoms with Crippen LogP contribution in [-0.2, 0) is 20.1 Å². The molecule has 0 saturated carbocycles. The summed E-state index contributed by atoms with van der Waals surface area (Å²) in [6.07, 6.45) is 1.73. The number of nitrogens with zero attached hydrogens (tertiary/aromatic N) is 2. The van der Waals surface area contributed by atoms with Crippen molar-refractivity contribution >= 4 is 22.5 Å². The number of carbonyl (C=O) groups is 1. The Bertz CT molecular complexity index is 946. The van der Waals surface area contributed by atoms with Gasteiger partial charge in [-0.25, -0.2) is 0 Å². The Morgan fingerprint density at radius 2 is 2.08 bits per heavy atom. The summed E-state index contributed by atoms with van der Waals surface area (Å²) in [4.78, 5) is 12.6. The summed E-state index contributed by atoms with van der Waals surface area (Å²) < 4.78 is 7.16. The van der Waals surface area contributed by atoms with E-state index in [2.05, 4.69) is 21.8 Å². The lowest BCUT2D eigenvalue weighted by Gasteiger charge is -2.10. The van der Waals surface area contributed by atoms with E-state index in [9.17, 15) is 4.79 Å². The van der Waals surface area contributed by atoms with Crippen LogP contribution in [0.15, 0.2) is 36.5 Å². The minimum Gasteiger partial charge on any atom is -0.494 e. The Morgan fingerprint density at radius 3 is 2.92 bits per heavy atom. The van der Waals surface area contributed by atoms with Gasteiger partial charge in [0.1, 0.15) is 11.3 Å². The van der Waals surface area contributed by atoms with Crippen molar-refractivity contribution in [2.24, 2.45) is 7.05 Å². The van der Waals surface area contributed by atoms with Gasteiger partial charge in [0.25, 0.3) is 5.91 Å². The van der Waals surface area contributed by atoms with Crippen LogP contribution in [0.1, 0.15) is 21.5 Å². The van der Waals surface area contributed by atoms with E-state index in [0.29, 0.717) is 11.3 Å². The highest BCUT2D eigenvalue weighted by Crippen LogP contribution is 2.27. The standard InChI is InChI=1S/C18H18N4O2/c1-22-17-14(10-20-22)5-12(7-16(17)24-2)18(23)21-15-4-3-11-8-19-9-13(11)6-15/h3-7,10,19H,8-9H2,1-2H3,(H,21,23). The molecule has 4 rings (SSSR count). The van der Waals surface area contributed by atoms with E-state index < -0.39 is 0 Å². The van der Waals surface area contributed by atoms with Gasteiger partial charge >= 0.3 is 0 Å². The van der Waals surface area contributed by atoms with Crippen LogP contribution >= 0.6 is 0 Å². The Labute approximate surface area is 139 Å². The van der Waals surface area contributed by atoms with Gasteiger partial charge in [0, 0.05) is 36.8 Å². The number of carbonyl (C=O) groups excluding carboxylic acids is 1. The van der Waals surface area contributed by atoms with Crippen molar-refractivity contribution < 1.29 is 9.53 Å². The molecular weight excluding hydrogens is 304 g/mol. The zero-order chi connectivity index (χ0) is 16.7. The molecule has 1 aromatic heterocycles. The Kier molecular flexibility index (Phi) is 3.46. The summed E-state index contributed by atoms with van der Waals surface area (Å²) in [5, 5.41) is 11.4. The predicted molar refractivity (Wildman–Crippen MR) is 92.2 cm³/mol. The van der Waals surface area contributed by atoms with E-state index in [0.717, 1.165) is 29.7 Å². The van der Waals surface area contributed by atoms with Crippen molar-refractivity contribution in [3.8, 4) is 5.75 Å². The first kappa shape index (κ1) is 14.7. The molecular formula is C18H18N4O2. The fourth-order valence-electron chi connectivity index (χ4n) is 3.14. The molecule has 6 heteroatoms. The monoisotopic (exact) mass is 322 g/mol. The van der Waals surface area contributed by atoms with Crippen LogP contribution in [0.5, 0.6) is 5.75 Å². The van der Waals surface area contributed by atoms with Gasteiger partial charge in [-0.1, -0.05) is 6.07 Å². The Balaban J connectivity index is 1.66. The molecule has 0 fully saturated rings. The normalized spacial score (nSPS) is 13.1. The molecule has 2 heterocycles. The van der Waals surface area contributed by atoms with Crippen molar-refractivity contribution in [1.29, 1.82) is 0 Å². The van der Waals surface area contributed by atoms with Gasteiger partial charge in [0.05, 0.1) is 13.3 Å². The summed E-state index contributed by atoms with van der Waals surface area (Å²) >= 11 is 0. The number of benzene rings is 2. The topological polar surface area (TPSA) is 68.2 Å². The SMILES string of the molecule is COc1cc(C(=O)Nc2ccc3c(c2)CNC3)cc2cnn(C)c12. The summed E-state index contributed by atoms with van der Waals surface area (Å²) in [5.74, 6) is 0.473. The average molecular weight is 322 g/mol. The average Bonchev–Trinajstić information content (AvgIpc) is 3.20. The van der Waals surface area contributed by atoms with E-state index >= 15 is 0 Å². The quantitative estimate of drug-likeness (QED) is 0.777. The fraction of sp³-hybridized carbons (Fsp3) is 0.222. The molecule has 0 saturated heterocycles. The van der Waals surface area contributed by atoms with Crippen LogP contribution in [-0.4, -0.2) is 22.8 Å². The molecule has 6 nitrogen and oxygen atoms in total. The third-order valence-electron chi connectivity index (χ3n) is 4.38. The number of hydrogen-bond acceptors (Lipinski definition) is 4. The summed E-state index contributed by atoms with van der Waals surface area (Å²) in [5.41, 5.74) is 4.73. The van der Waals surface area contributed by atoms with Crippen molar-refractivity contribution in [2.75, 3.05) is 12.4 Å². The number of aromatic nitrogens is 2. The van der Waals surface area contributed by atoms with Crippen LogP contribution in [0.25, 0.3) is 10.9 Å². The van der Waals surface area contributed by atoms with Crippen molar-refractivity contribution in [1.82, 2.24) is 15.1 Å². The van der Waals surface area contributed by atoms with Crippen LogP contribution in [0, 0.1) is 0 Å². The lowest BCUT2D eigenvalue weighted by molar-refractivity contribution is 0.102. The minimum atomic E-state index is -0.162. The van der Waals surface area contributed by atoms with Gasteiger partial charge in [0.15, 0.2) is 0 Å². The van der Waals surface area contributed by atoms with Gasteiger partial charge in [0.2, 0.25) is 0 Å². The molecule has 3 aromatic rings. The lowest BCUT2D eigenvalue weighted by Crippen LogP contribution is -2.12. The van der Waals surface area contributed by atoms with Crippen molar-refractivity contribution in [3.63, 3.8) is 0 Å². The zero-order valence-electron chi connectivity index (χ0n) is 13.6. The smallest absolute Gasteiger partial charge is 0.255 e. The third-order valence-corrected chi connectivity index (χ3v) is 4.38. The van der Waals surface area contributed by atoms with Gasteiger partial charge in [-0.05, 0) is 35.4 Å². The number of fused-ring (bicyclic) bond motifs is 2. The van der Waals surface area contributed by atoms with Crippen molar-refractivity contribution in [3.05, 3.63) is 53.2 Å². The molecule has 2 N–H and O–H groups in total. The maximum Gasteiger partial charge on any atom is 0.255 e. The van der Waals surface area contributed by atoms with Gasteiger partial charge in [-0.3, -0.25) is 9.48 Å². The van der Waals surface area contributed by atoms with E-state index in [1.165, 1.54) is 11.1 Å². The molecule has 122 valence electrons. The van der Waals surface area contributed by atoms with E-state index in [4.69, 9.17) is 4.74 Å². The van der Waals surface area contributed by atoms with Crippen LogP contribution in [0.4, 0.5) is 5.69 Å². The van der Waals surface area contributed by atoms with Gasteiger partial charge < -0.3 is 15.4 Å². The molecule has 0 unspecified atom stereocenters. The van der Waals surface area contributed by atoms with E-state index in [1.807, 2.05) is 25.2 Å². The molecule has 1 aliphatic rings. The highest BCUT2D eigenvalue weighted by atomic mass is 16.5. The molecule has 0 spiro atoms. The number of nitrogens with one attached hydrogen (secondary N) is 2. The lowest BCUT2D eigenvalue weighted by atomic mass is 10.1. The van der Waals surface area contributed by atoms with Gasteiger partial charge in [-0.2, -0.15) is 5.10 Å². The molecule has 2 aromatic carbocycles. The van der Waals surface area contributed by atoms with Crippen molar-refractivity contribution in [2.45, 2.75) is 13.1 Å². The van der Waals surface area contributed by atoms with Crippen LogP contribution < -0.4 is 15.4 Å². The molecule has 0 aliphatic carbocycles. The number of ether oxygens (including phenoxy) is 1. The minimum absolute atomic E-state index is 0.162. The molecule has 1 amide bonds. The summed E-state index contributed by atoms with van der Waals surface area (Å²) in [7, 11) is 3.44. The predicted octanol–water partition coefficient (Wildman–Crippen LogP) is 2.44. The van der Waals surface area contributed by atoms with Crippen LogP contribution in [0.2, 0.25) is 0 Å². The first-order valence-corrected chi connectivity index (χ1v) is 7.79. The Hall–Kier alpha value is -2.86.